The Morgan fingerprint density at radius 3 is 2.34 bits per heavy atom. The molecule has 0 spiro atoms. The van der Waals surface area contributed by atoms with Crippen molar-refractivity contribution in [3.63, 3.8) is 0 Å². The SMILES string of the molecule is COc1ccc(-c2nc3ccc(NC(=O)CCC(=O)c4ccc(C)cc4)cn3c2C)cc1. The van der Waals surface area contributed by atoms with Gasteiger partial charge in [0.1, 0.15) is 11.4 Å². The van der Waals surface area contributed by atoms with Crippen LogP contribution in [0.15, 0.2) is 66.9 Å². The molecule has 162 valence electrons. The molecule has 0 aliphatic carbocycles. The first-order chi connectivity index (χ1) is 15.4. The number of carbonyl (C=O) groups excluding carboxylic acids is 2. The smallest absolute Gasteiger partial charge is 0.224 e. The summed E-state index contributed by atoms with van der Waals surface area (Å²) in [6.07, 6.45) is 2.15. The van der Waals surface area contributed by atoms with Gasteiger partial charge in [-0.15, -0.1) is 0 Å². The molecule has 2 heterocycles. The van der Waals surface area contributed by atoms with Crippen LogP contribution in [-0.4, -0.2) is 28.2 Å². The summed E-state index contributed by atoms with van der Waals surface area (Å²) in [4.78, 5) is 29.4. The van der Waals surface area contributed by atoms with E-state index in [1.54, 1.807) is 19.2 Å². The van der Waals surface area contributed by atoms with E-state index in [-0.39, 0.29) is 24.5 Å². The van der Waals surface area contributed by atoms with Gasteiger partial charge in [-0.05, 0) is 50.2 Å². The number of ketones is 1. The van der Waals surface area contributed by atoms with E-state index >= 15 is 0 Å². The van der Waals surface area contributed by atoms with Crippen molar-refractivity contribution in [2.75, 3.05) is 12.4 Å². The predicted octanol–water partition coefficient (Wildman–Crippen LogP) is 5.23. The second-order valence-electron chi connectivity index (χ2n) is 7.76. The summed E-state index contributed by atoms with van der Waals surface area (Å²) in [5.41, 5.74) is 6.01. The number of ether oxygens (including phenoxy) is 1. The zero-order valence-corrected chi connectivity index (χ0v) is 18.4. The van der Waals surface area contributed by atoms with Gasteiger partial charge in [-0.25, -0.2) is 4.98 Å². The van der Waals surface area contributed by atoms with Crippen molar-refractivity contribution in [3.05, 3.63) is 83.7 Å². The lowest BCUT2D eigenvalue weighted by Crippen LogP contribution is -2.14. The second-order valence-corrected chi connectivity index (χ2v) is 7.76. The maximum atomic E-state index is 12.4. The molecule has 1 amide bonds. The number of Topliss-reactive ketones (excluding diaryl/α,β-unsaturated/α-hetero) is 1. The number of hydrogen-bond donors (Lipinski definition) is 1. The summed E-state index contributed by atoms with van der Waals surface area (Å²) in [6, 6.07) is 18.8. The number of rotatable bonds is 7. The third-order valence-electron chi connectivity index (χ3n) is 5.46. The number of benzene rings is 2. The monoisotopic (exact) mass is 427 g/mol. The Kier molecular flexibility index (Phi) is 6.03. The van der Waals surface area contributed by atoms with Gasteiger partial charge in [-0.1, -0.05) is 29.8 Å². The summed E-state index contributed by atoms with van der Waals surface area (Å²) in [5, 5.41) is 2.89. The minimum absolute atomic E-state index is 0.0369. The number of aromatic nitrogens is 2. The highest BCUT2D eigenvalue weighted by Crippen LogP contribution is 2.26. The van der Waals surface area contributed by atoms with Crippen molar-refractivity contribution in [2.45, 2.75) is 26.7 Å². The molecule has 32 heavy (non-hydrogen) atoms. The molecular weight excluding hydrogens is 402 g/mol. The fourth-order valence-corrected chi connectivity index (χ4v) is 3.59. The highest BCUT2D eigenvalue weighted by molar-refractivity contribution is 6.00. The standard InChI is InChI=1S/C26H25N3O3/c1-17-4-6-19(7-5-17)23(30)13-15-25(31)27-21-10-14-24-28-26(18(2)29(24)16-21)20-8-11-22(32-3)12-9-20/h4-12,14,16H,13,15H2,1-3H3,(H,27,31). The average Bonchev–Trinajstić information content (AvgIpc) is 3.14. The molecule has 0 fully saturated rings. The van der Waals surface area contributed by atoms with Crippen LogP contribution in [0.1, 0.15) is 34.5 Å². The number of anilines is 1. The van der Waals surface area contributed by atoms with Crippen LogP contribution >= 0.6 is 0 Å². The Hall–Kier alpha value is -3.93. The molecule has 0 saturated carbocycles. The van der Waals surface area contributed by atoms with Crippen LogP contribution in [0.25, 0.3) is 16.9 Å². The number of imidazole rings is 1. The molecule has 0 saturated heterocycles. The Labute approximate surface area is 186 Å². The molecule has 6 nitrogen and oxygen atoms in total. The molecule has 0 aliphatic rings. The van der Waals surface area contributed by atoms with Crippen molar-refractivity contribution in [2.24, 2.45) is 0 Å². The third kappa shape index (κ3) is 4.54. The number of nitrogens with zero attached hydrogens (tertiary/aromatic N) is 2. The van der Waals surface area contributed by atoms with Crippen LogP contribution in [0.4, 0.5) is 5.69 Å². The number of fused-ring (bicyclic) bond motifs is 1. The molecular formula is C26H25N3O3. The van der Waals surface area contributed by atoms with Crippen molar-refractivity contribution in [1.29, 1.82) is 0 Å². The van der Waals surface area contributed by atoms with Crippen molar-refractivity contribution in [1.82, 2.24) is 9.38 Å². The molecule has 2 aromatic heterocycles. The first-order valence-electron chi connectivity index (χ1n) is 10.5. The zero-order chi connectivity index (χ0) is 22.7. The first kappa shape index (κ1) is 21.3. The summed E-state index contributed by atoms with van der Waals surface area (Å²) in [7, 11) is 1.64. The van der Waals surface area contributed by atoms with Crippen LogP contribution in [0, 0.1) is 13.8 Å². The van der Waals surface area contributed by atoms with Crippen molar-refractivity contribution in [3.8, 4) is 17.0 Å². The third-order valence-corrected chi connectivity index (χ3v) is 5.46. The van der Waals surface area contributed by atoms with Gasteiger partial charge in [-0.3, -0.25) is 9.59 Å². The van der Waals surface area contributed by atoms with E-state index in [4.69, 9.17) is 9.72 Å². The summed E-state index contributed by atoms with van der Waals surface area (Å²) in [6.45, 7) is 3.96. The molecule has 1 N–H and O–H groups in total. The molecule has 0 aliphatic heterocycles. The van der Waals surface area contributed by atoms with E-state index in [0.717, 1.165) is 33.9 Å². The number of methoxy groups -OCH3 is 1. The quantitative estimate of drug-likeness (QED) is 0.410. The summed E-state index contributed by atoms with van der Waals surface area (Å²) in [5.74, 6) is 0.559. The van der Waals surface area contributed by atoms with E-state index < -0.39 is 0 Å². The normalized spacial score (nSPS) is 10.8. The van der Waals surface area contributed by atoms with Crippen molar-refractivity contribution >= 4 is 23.0 Å². The lowest BCUT2D eigenvalue weighted by atomic mass is 10.0. The Bertz CT molecular complexity index is 1270. The lowest BCUT2D eigenvalue weighted by molar-refractivity contribution is -0.116. The van der Waals surface area contributed by atoms with Gasteiger partial charge in [0, 0.05) is 35.9 Å². The van der Waals surface area contributed by atoms with Gasteiger partial charge >= 0.3 is 0 Å². The van der Waals surface area contributed by atoms with E-state index in [1.807, 2.05) is 73.0 Å². The Morgan fingerprint density at radius 1 is 0.938 bits per heavy atom. The summed E-state index contributed by atoms with van der Waals surface area (Å²) < 4.78 is 7.18. The van der Waals surface area contributed by atoms with Gasteiger partial charge in [0.2, 0.25) is 5.91 Å². The van der Waals surface area contributed by atoms with E-state index in [9.17, 15) is 9.59 Å². The highest BCUT2D eigenvalue weighted by atomic mass is 16.5. The molecule has 6 heteroatoms. The zero-order valence-electron chi connectivity index (χ0n) is 18.4. The second kappa shape index (κ2) is 9.06. The largest absolute Gasteiger partial charge is 0.497 e. The van der Waals surface area contributed by atoms with Gasteiger partial charge in [0.05, 0.1) is 18.5 Å². The maximum Gasteiger partial charge on any atom is 0.224 e. The molecule has 0 atom stereocenters. The van der Waals surface area contributed by atoms with Gasteiger partial charge in [-0.2, -0.15) is 0 Å². The fourth-order valence-electron chi connectivity index (χ4n) is 3.59. The molecule has 4 rings (SSSR count). The topological polar surface area (TPSA) is 72.7 Å². The highest BCUT2D eigenvalue weighted by Gasteiger charge is 2.13. The Balaban J connectivity index is 1.45. The van der Waals surface area contributed by atoms with Crippen LogP contribution in [-0.2, 0) is 4.79 Å². The van der Waals surface area contributed by atoms with Gasteiger partial charge < -0.3 is 14.5 Å². The first-order valence-corrected chi connectivity index (χ1v) is 10.5. The molecule has 4 aromatic rings. The predicted molar refractivity (Wildman–Crippen MR) is 125 cm³/mol. The number of aryl methyl sites for hydroxylation is 2. The number of carbonyl (C=O) groups is 2. The van der Waals surface area contributed by atoms with Gasteiger partial charge in [0.25, 0.3) is 0 Å². The van der Waals surface area contributed by atoms with E-state index in [2.05, 4.69) is 5.32 Å². The minimum Gasteiger partial charge on any atom is -0.497 e. The average molecular weight is 428 g/mol. The molecule has 0 radical (unpaired) electrons. The van der Waals surface area contributed by atoms with Crippen LogP contribution in [0.5, 0.6) is 5.75 Å². The lowest BCUT2D eigenvalue weighted by Gasteiger charge is -2.07. The van der Waals surface area contributed by atoms with E-state index in [0.29, 0.717) is 11.3 Å². The number of pyridine rings is 1. The van der Waals surface area contributed by atoms with E-state index in [1.165, 1.54) is 0 Å². The summed E-state index contributed by atoms with van der Waals surface area (Å²) >= 11 is 0. The molecule has 0 unspecified atom stereocenters. The van der Waals surface area contributed by atoms with Crippen LogP contribution < -0.4 is 10.1 Å². The fraction of sp³-hybridized carbons (Fsp3) is 0.192. The maximum absolute atomic E-state index is 12.4. The number of nitrogens with one attached hydrogen (secondary N) is 1. The number of hydrogen-bond acceptors (Lipinski definition) is 4. The van der Waals surface area contributed by atoms with Crippen LogP contribution in [0.3, 0.4) is 0 Å². The molecule has 0 bridgehead atoms. The minimum atomic E-state index is -0.196. The number of amides is 1. The molecule has 2 aromatic carbocycles. The van der Waals surface area contributed by atoms with Crippen LogP contribution in [0.2, 0.25) is 0 Å². The van der Waals surface area contributed by atoms with Crippen molar-refractivity contribution < 1.29 is 14.3 Å². The Morgan fingerprint density at radius 2 is 1.66 bits per heavy atom. The van der Waals surface area contributed by atoms with Gasteiger partial charge in [0.15, 0.2) is 5.78 Å².